The van der Waals surface area contributed by atoms with Crippen LogP contribution in [0.5, 0.6) is 0 Å². The van der Waals surface area contributed by atoms with E-state index in [1.165, 1.54) is 24.3 Å². The molecule has 0 fully saturated rings. The first-order valence-corrected chi connectivity index (χ1v) is 8.05. The van der Waals surface area contributed by atoms with E-state index >= 15 is 0 Å². The SMILES string of the molecule is CN(CC(=O)NCc1ccco1)C(=O)CSc1ccc(F)cc1F. The third-order valence-electron chi connectivity index (χ3n) is 3.09. The van der Waals surface area contributed by atoms with Gasteiger partial charge in [0.05, 0.1) is 25.1 Å². The van der Waals surface area contributed by atoms with Crippen molar-refractivity contribution in [1.82, 2.24) is 10.2 Å². The maximum Gasteiger partial charge on any atom is 0.239 e. The Morgan fingerprint density at radius 2 is 2.08 bits per heavy atom. The van der Waals surface area contributed by atoms with Crippen LogP contribution in [0.4, 0.5) is 8.78 Å². The van der Waals surface area contributed by atoms with Gasteiger partial charge in [-0.05, 0) is 24.3 Å². The highest BCUT2D eigenvalue weighted by Gasteiger charge is 2.14. The number of benzene rings is 1. The first-order valence-electron chi connectivity index (χ1n) is 7.06. The highest BCUT2D eigenvalue weighted by Crippen LogP contribution is 2.22. The van der Waals surface area contributed by atoms with Crippen molar-refractivity contribution in [2.45, 2.75) is 11.4 Å². The Labute approximate surface area is 142 Å². The van der Waals surface area contributed by atoms with Gasteiger partial charge in [-0.25, -0.2) is 8.78 Å². The lowest BCUT2D eigenvalue weighted by Crippen LogP contribution is -2.38. The maximum atomic E-state index is 13.5. The molecule has 0 bridgehead atoms. The van der Waals surface area contributed by atoms with Crippen LogP contribution >= 0.6 is 11.8 Å². The van der Waals surface area contributed by atoms with E-state index in [0.29, 0.717) is 5.76 Å². The van der Waals surface area contributed by atoms with Gasteiger partial charge in [-0.3, -0.25) is 9.59 Å². The van der Waals surface area contributed by atoms with E-state index in [1.807, 2.05) is 0 Å². The molecule has 5 nitrogen and oxygen atoms in total. The molecule has 8 heteroatoms. The van der Waals surface area contributed by atoms with E-state index in [0.717, 1.165) is 23.9 Å². The molecule has 2 aromatic rings. The summed E-state index contributed by atoms with van der Waals surface area (Å²) in [4.78, 5) is 25.2. The fourth-order valence-corrected chi connectivity index (χ4v) is 2.66. The second kappa shape index (κ2) is 8.49. The van der Waals surface area contributed by atoms with Crippen LogP contribution in [-0.2, 0) is 16.1 Å². The number of nitrogens with one attached hydrogen (secondary N) is 1. The van der Waals surface area contributed by atoms with E-state index < -0.39 is 11.6 Å². The molecule has 0 spiro atoms. The summed E-state index contributed by atoms with van der Waals surface area (Å²) in [5.74, 6) is -1.50. The summed E-state index contributed by atoms with van der Waals surface area (Å²) in [6.45, 7) is 0.120. The van der Waals surface area contributed by atoms with Crippen molar-refractivity contribution < 1.29 is 22.8 Å². The summed E-state index contributed by atoms with van der Waals surface area (Å²) in [6.07, 6.45) is 1.50. The Hall–Kier alpha value is -2.35. The minimum Gasteiger partial charge on any atom is -0.467 e. The van der Waals surface area contributed by atoms with Crippen molar-refractivity contribution in [3.8, 4) is 0 Å². The van der Waals surface area contributed by atoms with Gasteiger partial charge >= 0.3 is 0 Å². The summed E-state index contributed by atoms with van der Waals surface area (Å²) < 4.78 is 31.4. The minimum absolute atomic E-state index is 0.0511. The predicted octanol–water partition coefficient (Wildman–Crippen LogP) is 2.42. The van der Waals surface area contributed by atoms with Gasteiger partial charge in [0.1, 0.15) is 17.4 Å². The Morgan fingerprint density at radius 1 is 1.29 bits per heavy atom. The summed E-state index contributed by atoms with van der Waals surface area (Å²) in [6, 6.07) is 6.60. The van der Waals surface area contributed by atoms with Crippen molar-refractivity contribution in [2.24, 2.45) is 0 Å². The third kappa shape index (κ3) is 5.38. The predicted molar refractivity (Wildman–Crippen MR) is 85.3 cm³/mol. The van der Waals surface area contributed by atoms with Gasteiger partial charge in [-0.2, -0.15) is 0 Å². The normalized spacial score (nSPS) is 10.5. The molecule has 0 atom stereocenters. The molecule has 0 radical (unpaired) electrons. The highest BCUT2D eigenvalue weighted by atomic mass is 32.2. The Morgan fingerprint density at radius 3 is 2.75 bits per heavy atom. The van der Waals surface area contributed by atoms with Crippen LogP contribution in [0.15, 0.2) is 45.9 Å². The Bertz CT molecular complexity index is 707. The molecule has 2 rings (SSSR count). The molecule has 1 N–H and O–H groups in total. The van der Waals surface area contributed by atoms with Crippen molar-refractivity contribution in [3.05, 3.63) is 54.0 Å². The monoisotopic (exact) mass is 354 g/mol. The molecule has 0 aliphatic carbocycles. The number of nitrogens with zero attached hydrogens (tertiary/aromatic N) is 1. The second-order valence-electron chi connectivity index (χ2n) is 4.97. The zero-order chi connectivity index (χ0) is 17.5. The number of thioether (sulfide) groups is 1. The molecule has 1 heterocycles. The molecule has 1 aromatic heterocycles. The van der Waals surface area contributed by atoms with E-state index in [2.05, 4.69) is 5.32 Å². The second-order valence-corrected chi connectivity index (χ2v) is 5.99. The van der Waals surface area contributed by atoms with Crippen LogP contribution in [0.25, 0.3) is 0 Å². The highest BCUT2D eigenvalue weighted by molar-refractivity contribution is 8.00. The fourth-order valence-electron chi connectivity index (χ4n) is 1.80. The van der Waals surface area contributed by atoms with E-state index in [9.17, 15) is 18.4 Å². The summed E-state index contributed by atoms with van der Waals surface area (Å²) >= 11 is 0.951. The first-order chi connectivity index (χ1) is 11.5. The fraction of sp³-hybridized carbons (Fsp3) is 0.250. The van der Waals surface area contributed by atoms with Crippen LogP contribution in [0.2, 0.25) is 0 Å². The van der Waals surface area contributed by atoms with Crippen LogP contribution in [-0.4, -0.2) is 36.1 Å². The van der Waals surface area contributed by atoms with E-state index in [-0.39, 0.29) is 35.6 Å². The van der Waals surface area contributed by atoms with Gasteiger partial charge in [0.15, 0.2) is 0 Å². The third-order valence-corrected chi connectivity index (χ3v) is 4.12. The molecule has 0 unspecified atom stereocenters. The zero-order valence-corrected chi connectivity index (χ0v) is 13.7. The van der Waals surface area contributed by atoms with Crippen LogP contribution in [0.3, 0.4) is 0 Å². The van der Waals surface area contributed by atoms with Crippen LogP contribution < -0.4 is 5.32 Å². The number of halogens is 2. The molecule has 0 saturated heterocycles. The molecule has 128 valence electrons. The number of rotatable bonds is 7. The van der Waals surface area contributed by atoms with Gasteiger partial charge in [0, 0.05) is 18.0 Å². The smallest absolute Gasteiger partial charge is 0.239 e. The average Bonchev–Trinajstić information content (AvgIpc) is 3.05. The Kier molecular flexibility index (Phi) is 6.36. The Balaban J connectivity index is 1.75. The number of carbonyl (C=O) groups excluding carboxylic acids is 2. The minimum atomic E-state index is -0.716. The van der Waals surface area contributed by atoms with E-state index in [4.69, 9.17) is 4.42 Å². The quantitative estimate of drug-likeness (QED) is 0.776. The largest absolute Gasteiger partial charge is 0.467 e. The maximum absolute atomic E-state index is 13.5. The number of hydrogen-bond donors (Lipinski definition) is 1. The van der Waals surface area contributed by atoms with Gasteiger partial charge in [0.2, 0.25) is 11.8 Å². The van der Waals surface area contributed by atoms with Gasteiger partial charge in [-0.15, -0.1) is 11.8 Å². The lowest BCUT2D eigenvalue weighted by Gasteiger charge is -2.16. The summed E-state index contributed by atoms with van der Waals surface area (Å²) in [5, 5.41) is 2.62. The van der Waals surface area contributed by atoms with Gasteiger partial charge < -0.3 is 14.6 Å². The number of furan rings is 1. The van der Waals surface area contributed by atoms with Crippen molar-refractivity contribution in [1.29, 1.82) is 0 Å². The van der Waals surface area contributed by atoms with Crippen molar-refractivity contribution >= 4 is 23.6 Å². The molecule has 0 aliphatic rings. The molecule has 24 heavy (non-hydrogen) atoms. The number of amides is 2. The lowest BCUT2D eigenvalue weighted by molar-refractivity contribution is -0.132. The molecular formula is C16H16F2N2O3S. The number of hydrogen-bond acceptors (Lipinski definition) is 4. The topological polar surface area (TPSA) is 62.6 Å². The molecule has 2 amide bonds. The average molecular weight is 354 g/mol. The van der Waals surface area contributed by atoms with Gasteiger partial charge in [0.25, 0.3) is 0 Å². The summed E-state index contributed by atoms with van der Waals surface area (Å²) in [7, 11) is 1.48. The number of carbonyl (C=O) groups is 2. The van der Waals surface area contributed by atoms with Crippen LogP contribution in [0.1, 0.15) is 5.76 Å². The first kappa shape index (κ1) is 18.0. The molecule has 0 saturated carbocycles. The van der Waals surface area contributed by atoms with Crippen molar-refractivity contribution in [3.63, 3.8) is 0 Å². The van der Waals surface area contributed by atoms with Gasteiger partial charge in [-0.1, -0.05) is 0 Å². The van der Waals surface area contributed by atoms with Crippen molar-refractivity contribution in [2.75, 3.05) is 19.3 Å². The standard InChI is InChI=1S/C16H16F2N2O3S/c1-20(9-15(21)19-8-12-3-2-6-23-12)16(22)10-24-14-5-4-11(17)7-13(14)18/h2-7H,8-10H2,1H3,(H,19,21). The summed E-state index contributed by atoms with van der Waals surface area (Å²) in [5.41, 5.74) is 0. The molecule has 1 aromatic carbocycles. The number of likely N-dealkylation sites (N-methyl/N-ethyl adjacent to an activating group) is 1. The van der Waals surface area contributed by atoms with E-state index in [1.54, 1.807) is 12.1 Å². The molecule has 0 aliphatic heterocycles. The lowest BCUT2D eigenvalue weighted by atomic mass is 10.3. The molecular weight excluding hydrogens is 338 g/mol. The zero-order valence-electron chi connectivity index (χ0n) is 12.9. The van der Waals surface area contributed by atoms with Crippen LogP contribution in [0, 0.1) is 11.6 Å².